The highest BCUT2D eigenvalue weighted by Crippen LogP contribution is 2.22. The quantitative estimate of drug-likeness (QED) is 0.764. The van der Waals surface area contributed by atoms with Crippen LogP contribution in [0.3, 0.4) is 0 Å². The molecule has 0 aliphatic carbocycles. The molecule has 2 aliphatic rings. The monoisotopic (exact) mass is 401 g/mol. The average Bonchev–Trinajstić information content (AvgIpc) is 2.72. The van der Waals surface area contributed by atoms with Crippen molar-refractivity contribution in [2.75, 3.05) is 39.3 Å². The lowest BCUT2D eigenvalue weighted by molar-refractivity contribution is -0.138. The van der Waals surface area contributed by atoms with Crippen molar-refractivity contribution in [3.63, 3.8) is 0 Å². The van der Waals surface area contributed by atoms with Crippen molar-refractivity contribution in [2.24, 2.45) is 5.92 Å². The minimum absolute atomic E-state index is 0.0170. The smallest absolute Gasteiger partial charge is 0.410 e. The summed E-state index contributed by atoms with van der Waals surface area (Å²) < 4.78 is 5.41. The Morgan fingerprint density at radius 2 is 1.38 bits per heavy atom. The number of carbonyl (C=O) groups excluding carboxylic acids is 3. The molecule has 0 bridgehead atoms. The topological polar surface area (TPSA) is 70.2 Å². The van der Waals surface area contributed by atoms with Crippen LogP contribution in [-0.2, 0) is 9.53 Å². The molecular weight excluding hydrogens is 370 g/mol. The van der Waals surface area contributed by atoms with E-state index in [4.69, 9.17) is 4.74 Å². The van der Waals surface area contributed by atoms with Crippen molar-refractivity contribution in [2.45, 2.75) is 39.2 Å². The molecule has 0 spiro atoms. The second kappa shape index (κ2) is 8.84. The highest BCUT2D eigenvalue weighted by Gasteiger charge is 2.33. The van der Waals surface area contributed by atoms with Gasteiger partial charge in [0.15, 0.2) is 0 Å². The number of amides is 3. The summed E-state index contributed by atoms with van der Waals surface area (Å²) >= 11 is 0. The third-order valence-corrected chi connectivity index (χ3v) is 5.40. The van der Waals surface area contributed by atoms with Crippen LogP contribution in [-0.4, -0.2) is 77.5 Å². The van der Waals surface area contributed by atoms with Gasteiger partial charge >= 0.3 is 6.09 Å². The fourth-order valence-electron chi connectivity index (χ4n) is 3.79. The summed E-state index contributed by atoms with van der Waals surface area (Å²) in [6.45, 7) is 8.85. The fraction of sp³-hybridized carbons (Fsp3) is 0.591. The Morgan fingerprint density at radius 3 is 1.93 bits per heavy atom. The van der Waals surface area contributed by atoms with Crippen molar-refractivity contribution in [3.05, 3.63) is 35.9 Å². The minimum Gasteiger partial charge on any atom is -0.444 e. The zero-order valence-corrected chi connectivity index (χ0v) is 17.6. The zero-order chi connectivity index (χ0) is 21.0. The van der Waals surface area contributed by atoms with Crippen LogP contribution < -0.4 is 0 Å². The Hall–Kier alpha value is -2.57. The van der Waals surface area contributed by atoms with Gasteiger partial charge in [-0.1, -0.05) is 18.2 Å². The van der Waals surface area contributed by atoms with E-state index < -0.39 is 5.60 Å². The van der Waals surface area contributed by atoms with E-state index in [0.29, 0.717) is 57.7 Å². The number of nitrogens with zero attached hydrogens (tertiary/aromatic N) is 3. The van der Waals surface area contributed by atoms with Crippen LogP contribution >= 0.6 is 0 Å². The van der Waals surface area contributed by atoms with Gasteiger partial charge in [-0.25, -0.2) is 4.79 Å². The van der Waals surface area contributed by atoms with Gasteiger partial charge in [0.2, 0.25) is 5.91 Å². The highest BCUT2D eigenvalue weighted by atomic mass is 16.6. The number of hydrogen-bond acceptors (Lipinski definition) is 4. The first-order valence-electron chi connectivity index (χ1n) is 10.4. The van der Waals surface area contributed by atoms with Crippen LogP contribution in [0.25, 0.3) is 0 Å². The molecule has 0 unspecified atom stereocenters. The molecule has 2 heterocycles. The minimum atomic E-state index is -0.513. The van der Waals surface area contributed by atoms with Gasteiger partial charge in [-0.05, 0) is 45.7 Å². The number of ether oxygens (including phenoxy) is 1. The largest absolute Gasteiger partial charge is 0.444 e. The van der Waals surface area contributed by atoms with Crippen molar-refractivity contribution in [1.29, 1.82) is 0 Å². The number of hydrogen-bond donors (Lipinski definition) is 0. The molecule has 7 heteroatoms. The second-order valence-corrected chi connectivity index (χ2v) is 8.73. The summed E-state index contributed by atoms with van der Waals surface area (Å²) in [4.78, 5) is 43.0. The number of benzene rings is 1. The first-order valence-corrected chi connectivity index (χ1v) is 10.4. The van der Waals surface area contributed by atoms with Crippen LogP contribution in [0.1, 0.15) is 44.0 Å². The van der Waals surface area contributed by atoms with Gasteiger partial charge < -0.3 is 19.4 Å². The molecule has 1 aromatic rings. The van der Waals surface area contributed by atoms with E-state index in [1.54, 1.807) is 4.90 Å². The molecular formula is C22H31N3O4. The fourth-order valence-corrected chi connectivity index (χ4v) is 3.79. The lowest BCUT2D eigenvalue weighted by Gasteiger charge is -2.38. The van der Waals surface area contributed by atoms with E-state index in [2.05, 4.69) is 0 Å². The van der Waals surface area contributed by atoms with Crippen LogP contribution in [0.5, 0.6) is 0 Å². The van der Waals surface area contributed by atoms with E-state index in [1.165, 1.54) is 0 Å². The standard InChI is InChI=1S/C22H31N3O4/c1-22(2,3)29-21(28)25-11-9-18(10-12-25)20(27)24-15-13-23(14-16-24)19(26)17-7-5-4-6-8-17/h4-8,18H,9-16H2,1-3H3. The van der Waals surface area contributed by atoms with Crippen LogP contribution in [0.2, 0.25) is 0 Å². The van der Waals surface area contributed by atoms with Gasteiger partial charge in [0.25, 0.3) is 5.91 Å². The van der Waals surface area contributed by atoms with Crippen molar-refractivity contribution < 1.29 is 19.1 Å². The third-order valence-electron chi connectivity index (χ3n) is 5.40. The van der Waals surface area contributed by atoms with Gasteiger partial charge in [-0.3, -0.25) is 9.59 Å². The average molecular weight is 402 g/mol. The van der Waals surface area contributed by atoms with Gasteiger partial charge in [-0.2, -0.15) is 0 Å². The third kappa shape index (κ3) is 5.49. The Bertz CT molecular complexity index is 728. The Kier molecular flexibility index (Phi) is 6.45. The molecule has 0 aromatic heterocycles. The number of likely N-dealkylation sites (tertiary alicyclic amines) is 1. The zero-order valence-electron chi connectivity index (χ0n) is 17.6. The molecule has 0 atom stereocenters. The predicted molar refractivity (Wildman–Crippen MR) is 109 cm³/mol. The maximum Gasteiger partial charge on any atom is 0.410 e. The van der Waals surface area contributed by atoms with Crippen molar-refractivity contribution >= 4 is 17.9 Å². The molecule has 2 fully saturated rings. The molecule has 2 aliphatic heterocycles. The van der Waals surface area contributed by atoms with Gasteiger partial charge in [-0.15, -0.1) is 0 Å². The van der Waals surface area contributed by atoms with E-state index in [1.807, 2.05) is 60.9 Å². The predicted octanol–water partition coefficient (Wildman–Crippen LogP) is 2.62. The molecule has 7 nitrogen and oxygen atoms in total. The van der Waals surface area contributed by atoms with E-state index in [-0.39, 0.29) is 23.8 Å². The Labute approximate surface area is 172 Å². The molecule has 29 heavy (non-hydrogen) atoms. The maximum absolute atomic E-state index is 12.9. The van der Waals surface area contributed by atoms with E-state index >= 15 is 0 Å². The first kappa shape index (κ1) is 21.1. The lowest BCUT2D eigenvalue weighted by atomic mass is 9.95. The molecule has 158 valence electrons. The van der Waals surface area contributed by atoms with Crippen molar-refractivity contribution in [3.8, 4) is 0 Å². The van der Waals surface area contributed by atoms with Crippen LogP contribution in [0.15, 0.2) is 30.3 Å². The van der Waals surface area contributed by atoms with Gasteiger partial charge in [0, 0.05) is 50.7 Å². The number of piperidine rings is 1. The SMILES string of the molecule is CC(C)(C)OC(=O)N1CCC(C(=O)N2CCN(C(=O)c3ccccc3)CC2)CC1. The maximum atomic E-state index is 12.9. The van der Waals surface area contributed by atoms with Crippen LogP contribution in [0, 0.1) is 5.92 Å². The molecule has 3 rings (SSSR count). The summed E-state index contributed by atoms with van der Waals surface area (Å²) in [6, 6.07) is 9.24. The van der Waals surface area contributed by atoms with Gasteiger partial charge in [0.05, 0.1) is 0 Å². The Balaban J connectivity index is 1.46. The van der Waals surface area contributed by atoms with E-state index in [9.17, 15) is 14.4 Å². The second-order valence-electron chi connectivity index (χ2n) is 8.73. The molecule has 0 saturated carbocycles. The molecule has 2 saturated heterocycles. The summed E-state index contributed by atoms with van der Waals surface area (Å²) in [6.07, 6.45) is 0.999. The molecule has 0 radical (unpaired) electrons. The molecule has 3 amide bonds. The first-order chi connectivity index (χ1) is 13.7. The van der Waals surface area contributed by atoms with E-state index in [0.717, 1.165) is 0 Å². The molecule has 1 aromatic carbocycles. The highest BCUT2D eigenvalue weighted by molar-refractivity contribution is 5.94. The Morgan fingerprint density at radius 1 is 0.828 bits per heavy atom. The van der Waals surface area contributed by atoms with Crippen LogP contribution in [0.4, 0.5) is 4.79 Å². The number of piperazine rings is 1. The summed E-state index contributed by atoms with van der Waals surface area (Å²) in [5.41, 5.74) is 0.169. The van der Waals surface area contributed by atoms with Crippen molar-refractivity contribution in [1.82, 2.24) is 14.7 Å². The normalized spacial score (nSPS) is 18.5. The number of carbonyl (C=O) groups is 3. The van der Waals surface area contributed by atoms with Gasteiger partial charge in [0.1, 0.15) is 5.60 Å². The summed E-state index contributed by atoms with van der Waals surface area (Å²) in [5, 5.41) is 0. The summed E-state index contributed by atoms with van der Waals surface area (Å²) in [5.74, 6) is 0.0917. The number of rotatable bonds is 2. The summed E-state index contributed by atoms with van der Waals surface area (Å²) in [7, 11) is 0. The molecule has 0 N–H and O–H groups in total. The lowest BCUT2D eigenvalue weighted by Crippen LogP contribution is -2.53.